The van der Waals surface area contributed by atoms with Crippen LogP contribution in [0.3, 0.4) is 0 Å². The van der Waals surface area contributed by atoms with E-state index in [1.54, 1.807) is 46.3 Å². The van der Waals surface area contributed by atoms with Gasteiger partial charge < -0.3 is 24.5 Å². The Morgan fingerprint density at radius 3 is 1.96 bits per heavy atom. The Morgan fingerprint density at radius 1 is 0.978 bits per heavy atom. The van der Waals surface area contributed by atoms with E-state index in [1.165, 1.54) is 38.5 Å². The second-order valence-electron chi connectivity index (χ2n) is 15.5. The summed E-state index contributed by atoms with van der Waals surface area (Å²) in [6.45, 7) is 9.42. The second-order valence-corrected chi connectivity index (χ2v) is 17.7. The zero-order valence-electron chi connectivity index (χ0n) is 27.3. The minimum absolute atomic E-state index is 0.293. The molecule has 0 radical (unpaired) electrons. The van der Waals surface area contributed by atoms with Gasteiger partial charge in [-0.25, -0.2) is 20.1 Å². The summed E-state index contributed by atoms with van der Waals surface area (Å²) in [5.41, 5.74) is 5.86. The van der Waals surface area contributed by atoms with Crippen LogP contribution in [0.5, 0.6) is 0 Å². The van der Waals surface area contributed by atoms with Gasteiger partial charge in [0.15, 0.2) is 5.65 Å². The molecule has 0 aromatic carbocycles. The number of nitrogen functional groups attached to an aromatic ring is 1. The van der Waals surface area contributed by atoms with E-state index in [4.69, 9.17) is 19.9 Å². The Morgan fingerprint density at radius 2 is 1.49 bits per heavy atom. The fourth-order valence-corrected chi connectivity index (χ4v) is 10.4. The average Bonchev–Trinajstić information content (AvgIpc) is 3.27. The molecule has 6 aliphatic rings. The lowest BCUT2D eigenvalue weighted by Crippen LogP contribution is -2.55. The van der Waals surface area contributed by atoms with Crippen molar-refractivity contribution < 1.29 is 28.4 Å². The van der Waals surface area contributed by atoms with Crippen LogP contribution in [-0.4, -0.2) is 63.2 Å². The van der Waals surface area contributed by atoms with Crippen LogP contribution in [0.2, 0.25) is 0 Å². The first-order valence-electron chi connectivity index (χ1n) is 16.3. The minimum atomic E-state index is -3.76. The van der Waals surface area contributed by atoms with Gasteiger partial charge in [0, 0.05) is 6.20 Å². The zero-order chi connectivity index (χ0) is 32.3. The number of carbonyl (C=O) groups excluding carboxylic acids is 2. The van der Waals surface area contributed by atoms with Gasteiger partial charge in [0.25, 0.3) is 0 Å². The third kappa shape index (κ3) is 6.66. The number of hydrogen-bond acceptors (Lipinski definition) is 9. The second kappa shape index (κ2) is 11.6. The number of hydrogen-bond donors (Lipinski definition) is 3. The quantitative estimate of drug-likeness (QED) is 0.161. The highest BCUT2D eigenvalue weighted by atomic mass is 31.2. The molecule has 8 rings (SSSR count). The molecule has 2 heterocycles. The minimum Gasteiger partial charge on any atom is -0.464 e. The lowest BCUT2D eigenvalue weighted by atomic mass is 9.43. The van der Waals surface area contributed by atoms with Crippen LogP contribution in [0.4, 0.5) is 5.69 Å². The van der Waals surface area contributed by atoms with Gasteiger partial charge in [0.1, 0.15) is 22.9 Å². The molecule has 45 heavy (non-hydrogen) atoms. The van der Waals surface area contributed by atoms with Crippen molar-refractivity contribution in [3.63, 3.8) is 0 Å². The zero-order valence-corrected chi connectivity index (χ0v) is 28.2. The predicted octanol–water partition coefficient (Wildman–Crippen LogP) is 4.77. The molecule has 0 aliphatic heterocycles. The standard InChI is InChI=1S/C32H49N6O6P/c1-21(18-38-19-35-25-24(33)6-9-34-26(25)38)44-20-45(41,36-29(2,3)27(39)42-10-7-31-12-22(13-31)14-31)37-30(4,5)28(40)43-11-8-32-15-23(16-32)17-32/h6,9,19,21-23H,7-8,10-18,20H2,1-5H3,(H2,33,34)(H2,36,37,41)/t21-,22?,23?,31?,32?,45?/m1/s1. The molecule has 248 valence electrons. The molecule has 2 aromatic heterocycles. The van der Waals surface area contributed by atoms with Crippen molar-refractivity contribution in [3.05, 3.63) is 18.6 Å². The maximum atomic E-state index is 14.6. The van der Waals surface area contributed by atoms with Gasteiger partial charge in [-0.3, -0.25) is 14.2 Å². The third-order valence-electron chi connectivity index (χ3n) is 10.5. The molecule has 1 atom stereocenters. The number of nitrogens with two attached hydrogens (primary N) is 1. The van der Waals surface area contributed by atoms with Crippen LogP contribution in [0.15, 0.2) is 18.6 Å². The van der Waals surface area contributed by atoms with Crippen molar-refractivity contribution in [2.24, 2.45) is 22.7 Å². The summed E-state index contributed by atoms with van der Waals surface area (Å²) in [4.78, 5) is 35.2. The van der Waals surface area contributed by atoms with E-state index in [0.29, 0.717) is 47.4 Å². The van der Waals surface area contributed by atoms with E-state index < -0.39 is 36.6 Å². The number of fused-ring (bicyclic) bond motifs is 1. The van der Waals surface area contributed by atoms with Gasteiger partial charge in [-0.2, -0.15) is 0 Å². The molecule has 4 N–H and O–H groups in total. The molecule has 13 heteroatoms. The Bertz CT molecular complexity index is 1410. The third-order valence-corrected chi connectivity index (χ3v) is 12.9. The Balaban J connectivity index is 1.09. The molecule has 6 aliphatic carbocycles. The summed E-state index contributed by atoms with van der Waals surface area (Å²) in [7, 11) is -3.76. The Kier molecular flexibility index (Phi) is 8.37. The highest BCUT2D eigenvalue weighted by molar-refractivity contribution is 7.59. The maximum Gasteiger partial charge on any atom is 0.326 e. The largest absolute Gasteiger partial charge is 0.464 e. The topological polar surface area (TPSA) is 160 Å². The van der Waals surface area contributed by atoms with Crippen molar-refractivity contribution >= 4 is 36.2 Å². The lowest BCUT2D eigenvalue weighted by Gasteiger charge is -2.62. The summed E-state index contributed by atoms with van der Waals surface area (Å²) in [6, 6.07) is 1.69. The van der Waals surface area contributed by atoms with Crippen molar-refractivity contribution in [2.75, 3.05) is 25.3 Å². The van der Waals surface area contributed by atoms with Crippen LogP contribution in [0.25, 0.3) is 11.2 Å². The first kappa shape index (κ1) is 32.4. The van der Waals surface area contributed by atoms with E-state index in [2.05, 4.69) is 20.1 Å². The van der Waals surface area contributed by atoms with Crippen LogP contribution in [0, 0.1) is 22.7 Å². The molecule has 6 saturated carbocycles. The normalized spacial score (nSPS) is 28.6. The Hall–Kier alpha value is -2.53. The van der Waals surface area contributed by atoms with Crippen LogP contribution in [-0.2, 0) is 34.9 Å². The van der Waals surface area contributed by atoms with E-state index in [9.17, 15) is 14.2 Å². The van der Waals surface area contributed by atoms with E-state index >= 15 is 0 Å². The average molecular weight is 645 g/mol. The van der Waals surface area contributed by atoms with Gasteiger partial charge >= 0.3 is 11.9 Å². The number of imidazole rings is 1. The van der Waals surface area contributed by atoms with Gasteiger partial charge in [-0.15, -0.1) is 0 Å². The monoisotopic (exact) mass is 644 g/mol. The van der Waals surface area contributed by atoms with Gasteiger partial charge in [0.05, 0.1) is 37.9 Å². The smallest absolute Gasteiger partial charge is 0.326 e. The number of pyridine rings is 1. The van der Waals surface area contributed by atoms with Crippen molar-refractivity contribution in [1.29, 1.82) is 0 Å². The number of esters is 2. The summed E-state index contributed by atoms with van der Waals surface area (Å²) < 4.78 is 33.9. The molecule has 2 aromatic rings. The summed E-state index contributed by atoms with van der Waals surface area (Å²) >= 11 is 0. The fraction of sp³-hybridized carbons (Fsp3) is 0.750. The number of anilines is 1. The van der Waals surface area contributed by atoms with Gasteiger partial charge in [0.2, 0.25) is 7.44 Å². The van der Waals surface area contributed by atoms with E-state index in [0.717, 1.165) is 24.7 Å². The van der Waals surface area contributed by atoms with Gasteiger partial charge in [-0.05, 0) is 115 Å². The Labute approximate surface area is 265 Å². The summed E-state index contributed by atoms with van der Waals surface area (Å²) in [5.74, 6) is 0.713. The SMILES string of the molecule is C[C@H](Cn1cnc2c(N)ccnc21)OCP(=O)(NC(C)(C)C(=O)OCCC12CC(C1)C2)NC(C)(C)C(=O)OCCC12CC(C1)C2. The number of nitrogens with zero attached hydrogens (tertiary/aromatic N) is 3. The molecule has 0 spiro atoms. The highest BCUT2D eigenvalue weighted by Crippen LogP contribution is 2.66. The molecular weight excluding hydrogens is 595 g/mol. The summed E-state index contributed by atoms with van der Waals surface area (Å²) in [5, 5.41) is 6.02. The fourth-order valence-electron chi connectivity index (χ4n) is 7.77. The number of carbonyl (C=O) groups is 2. The van der Waals surface area contributed by atoms with Crippen LogP contribution in [0.1, 0.15) is 86.0 Å². The molecule has 0 unspecified atom stereocenters. The molecule has 0 amide bonds. The maximum absolute atomic E-state index is 14.6. The van der Waals surface area contributed by atoms with Crippen molar-refractivity contribution in [2.45, 2.75) is 110 Å². The molecule has 0 saturated heterocycles. The van der Waals surface area contributed by atoms with E-state index in [1.807, 2.05) is 11.5 Å². The molecule has 4 bridgehead atoms. The number of nitrogens with one attached hydrogen (secondary N) is 2. The number of rotatable bonds is 17. The van der Waals surface area contributed by atoms with Crippen LogP contribution < -0.4 is 15.9 Å². The van der Waals surface area contributed by atoms with Crippen molar-refractivity contribution in [1.82, 2.24) is 24.7 Å². The predicted molar refractivity (Wildman–Crippen MR) is 170 cm³/mol. The lowest BCUT2D eigenvalue weighted by molar-refractivity contribution is -0.157. The van der Waals surface area contributed by atoms with Crippen LogP contribution >= 0.6 is 7.44 Å². The molecular formula is C32H49N6O6P. The highest BCUT2D eigenvalue weighted by Gasteiger charge is 2.56. The molecule has 6 fully saturated rings. The number of ether oxygens (including phenoxy) is 3. The molecule has 12 nitrogen and oxygen atoms in total. The first-order chi connectivity index (χ1) is 21.1. The van der Waals surface area contributed by atoms with Gasteiger partial charge in [-0.1, -0.05) is 0 Å². The summed E-state index contributed by atoms with van der Waals surface area (Å²) in [6.07, 6.45) is 11.6. The van der Waals surface area contributed by atoms with E-state index in [-0.39, 0.29) is 6.35 Å². The van der Waals surface area contributed by atoms with Crippen molar-refractivity contribution in [3.8, 4) is 0 Å². The number of aromatic nitrogens is 3. The first-order valence-corrected chi connectivity index (χ1v) is 18.2.